The molecule has 300 valence electrons. The maximum absolute atomic E-state index is 14.7. The zero-order valence-corrected chi connectivity index (χ0v) is 35.4. The molecule has 3 aromatic heterocycles. The molecular weight excluding hydrogens is 781 g/mol. The summed E-state index contributed by atoms with van der Waals surface area (Å²) in [6.07, 6.45) is 8.88. The number of fused-ring (bicyclic) bond motifs is 10. The third kappa shape index (κ3) is 5.00. The number of aromatic nitrogens is 3. The molecule has 1 aliphatic carbocycles. The summed E-state index contributed by atoms with van der Waals surface area (Å²) in [5.74, 6) is 1.10. The minimum atomic E-state index is -3.90. The first kappa shape index (κ1) is 36.5. The van der Waals surface area contributed by atoms with E-state index in [1.807, 2.05) is 50.2 Å². The summed E-state index contributed by atoms with van der Waals surface area (Å²) >= 11 is 0. The number of hydrogen-bond donors (Lipinski definition) is 0. The van der Waals surface area contributed by atoms with E-state index in [1.54, 1.807) is 12.1 Å². The average molecular weight is 823 g/mol. The van der Waals surface area contributed by atoms with Crippen LogP contribution in [0.15, 0.2) is 204 Å². The van der Waals surface area contributed by atoms with Gasteiger partial charge in [-0.15, -0.1) is 0 Å². The zero-order chi connectivity index (χ0) is 41.9. The predicted molar refractivity (Wildman–Crippen MR) is 254 cm³/mol. The summed E-state index contributed by atoms with van der Waals surface area (Å²) in [6, 6.07) is 57.8. The molecule has 2 aliphatic rings. The van der Waals surface area contributed by atoms with Crippen molar-refractivity contribution in [2.75, 3.05) is 4.90 Å². The van der Waals surface area contributed by atoms with Crippen molar-refractivity contribution in [3.05, 3.63) is 211 Å². The largest absolute Gasteiger partial charge is 0.319 e. The Morgan fingerprint density at radius 2 is 1.02 bits per heavy atom. The molecule has 2 unspecified atom stereocenters. The molecule has 10 aromatic rings. The van der Waals surface area contributed by atoms with E-state index in [9.17, 15) is 8.42 Å². The van der Waals surface area contributed by atoms with Gasteiger partial charge in [-0.2, -0.15) is 0 Å². The predicted octanol–water partition coefficient (Wildman–Crippen LogP) is 13.0. The minimum Gasteiger partial charge on any atom is -0.319 e. The number of benzene rings is 7. The van der Waals surface area contributed by atoms with Crippen LogP contribution in [0, 0.1) is 13.8 Å². The summed E-state index contributed by atoms with van der Waals surface area (Å²) in [5, 5.41) is 4.70. The fraction of sp³-hybridized carbons (Fsp3) is 0.0909. The summed E-state index contributed by atoms with van der Waals surface area (Å²) in [7, 11) is -3.90. The Labute approximate surface area is 360 Å². The van der Waals surface area contributed by atoms with Crippen LogP contribution < -0.4 is 4.90 Å². The second-order valence-corrected chi connectivity index (χ2v) is 18.8. The van der Waals surface area contributed by atoms with E-state index in [-0.39, 0.29) is 21.2 Å². The molecule has 4 heterocycles. The lowest BCUT2D eigenvalue weighted by molar-refractivity contribution is 0.552. The highest BCUT2D eigenvalue weighted by atomic mass is 32.2. The molecule has 6 nitrogen and oxygen atoms in total. The number of aryl methyl sites for hydroxylation is 2. The van der Waals surface area contributed by atoms with Crippen LogP contribution in [0.4, 0.5) is 11.5 Å². The quantitative estimate of drug-likeness (QED) is 0.168. The van der Waals surface area contributed by atoms with Crippen molar-refractivity contribution in [1.82, 2.24) is 13.7 Å². The van der Waals surface area contributed by atoms with Gasteiger partial charge < -0.3 is 4.90 Å². The smallest absolute Gasteiger partial charge is 0.206 e. The number of sulfone groups is 1. The zero-order valence-electron chi connectivity index (χ0n) is 34.6. The van der Waals surface area contributed by atoms with E-state index in [0.717, 1.165) is 67.3 Å². The van der Waals surface area contributed by atoms with E-state index < -0.39 is 9.84 Å². The van der Waals surface area contributed by atoms with Gasteiger partial charge in [-0.25, -0.2) is 8.42 Å². The van der Waals surface area contributed by atoms with Crippen molar-refractivity contribution in [3.63, 3.8) is 0 Å². The van der Waals surface area contributed by atoms with E-state index in [0.29, 0.717) is 0 Å². The van der Waals surface area contributed by atoms with Crippen LogP contribution in [0.1, 0.15) is 23.6 Å². The van der Waals surface area contributed by atoms with Crippen molar-refractivity contribution < 1.29 is 8.42 Å². The van der Waals surface area contributed by atoms with Gasteiger partial charge in [0.2, 0.25) is 9.84 Å². The summed E-state index contributed by atoms with van der Waals surface area (Å²) in [4.78, 5) is 2.96. The molecular formula is C55H42N4O2S. The van der Waals surface area contributed by atoms with Gasteiger partial charge in [0.15, 0.2) is 0 Å². The number of allylic oxidation sites excluding steroid dienone is 2. The van der Waals surface area contributed by atoms with Crippen molar-refractivity contribution in [2.24, 2.45) is 0 Å². The van der Waals surface area contributed by atoms with Gasteiger partial charge in [0.05, 0.1) is 38.1 Å². The van der Waals surface area contributed by atoms with E-state index in [4.69, 9.17) is 0 Å². The molecule has 7 heteroatoms. The lowest BCUT2D eigenvalue weighted by Crippen LogP contribution is -2.40. The molecule has 2 atom stereocenters. The van der Waals surface area contributed by atoms with Crippen LogP contribution in [0.2, 0.25) is 0 Å². The Balaban J connectivity index is 0.987. The second-order valence-electron chi connectivity index (χ2n) is 16.9. The molecule has 0 N–H and O–H groups in total. The third-order valence-electron chi connectivity index (χ3n) is 13.3. The van der Waals surface area contributed by atoms with Crippen molar-refractivity contribution in [1.29, 1.82) is 0 Å². The van der Waals surface area contributed by atoms with Crippen LogP contribution in [0.25, 0.3) is 60.8 Å². The molecule has 0 radical (unpaired) electrons. The van der Waals surface area contributed by atoms with Crippen LogP contribution >= 0.6 is 0 Å². The molecule has 0 fully saturated rings. The van der Waals surface area contributed by atoms with Crippen molar-refractivity contribution >= 4 is 65.1 Å². The topological polar surface area (TPSA) is 52.2 Å². The Hall–Kier alpha value is -7.35. The number of para-hydroxylation sites is 5. The number of anilines is 2. The van der Waals surface area contributed by atoms with Gasteiger partial charge in [-0.05, 0) is 111 Å². The molecule has 0 saturated carbocycles. The van der Waals surface area contributed by atoms with Crippen LogP contribution in [-0.4, -0.2) is 28.2 Å². The molecule has 1 aliphatic heterocycles. The Morgan fingerprint density at radius 3 is 1.61 bits per heavy atom. The van der Waals surface area contributed by atoms with Gasteiger partial charge in [0.1, 0.15) is 11.5 Å². The fourth-order valence-corrected chi connectivity index (χ4v) is 12.0. The average Bonchev–Trinajstić information content (AvgIpc) is 4.00. The molecule has 0 amide bonds. The van der Waals surface area contributed by atoms with Gasteiger partial charge in [0.25, 0.3) is 0 Å². The highest BCUT2D eigenvalue weighted by Gasteiger charge is 2.50. The van der Waals surface area contributed by atoms with E-state index >= 15 is 0 Å². The fourth-order valence-electron chi connectivity index (χ4n) is 10.6. The maximum Gasteiger partial charge on any atom is 0.206 e. The Bertz CT molecular complexity index is 3650. The monoisotopic (exact) mass is 822 g/mol. The number of hydrogen-bond acceptors (Lipinski definition) is 3. The third-order valence-corrected chi connectivity index (χ3v) is 15.1. The van der Waals surface area contributed by atoms with Gasteiger partial charge in [0, 0.05) is 49.6 Å². The van der Waals surface area contributed by atoms with Crippen molar-refractivity contribution in [2.45, 2.75) is 42.0 Å². The molecule has 12 rings (SSSR count). The van der Waals surface area contributed by atoms with Gasteiger partial charge >= 0.3 is 0 Å². The van der Waals surface area contributed by atoms with E-state index in [1.165, 1.54) is 21.7 Å². The maximum atomic E-state index is 14.7. The molecule has 0 bridgehead atoms. The summed E-state index contributed by atoms with van der Waals surface area (Å²) in [6.45, 7) is 6.37. The van der Waals surface area contributed by atoms with Gasteiger partial charge in [-0.3, -0.25) is 13.7 Å². The molecule has 62 heavy (non-hydrogen) atoms. The highest BCUT2D eigenvalue weighted by Crippen LogP contribution is 2.56. The minimum absolute atomic E-state index is 0.00903. The molecule has 0 saturated heterocycles. The Kier molecular flexibility index (Phi) is 7.84. The standard InChI is InChI=1S/C55H42N4O2S/c1-36-34-40(29-31-45(36)58-48-26-14-11-23-43(48)51-42-22-10-13-25-47(42)56(53(51)58)38-18-6-4-7-19-38)62(60,61)41-30-32-46(37(2)35-41)59-50-28-16-17-33-55(50,3)52-44-24-12-15-27-49(44)57(54(52)59)39-20-8-5-9-21-39/h4-35,50H,1-3H3. The lowest BCUT2D eigenvalue weighted by atomic mass is 9.75. The molecule has 0 spiro atoms. The number of nitrogens with zero attached hydrogens (tertiary/aromatic N) is 4. The van der Waals surface area contributed by atoms with Crippen LogP contribution in [0.3, 0.4) is 0 Å². The molecule has 7 aromatic carbocycles. The number of rotatable bonds is 6. The Morgan fingerprint density at radius 1 is 0.516 bits per heavy atom. The highest BCUT2D eigenvalue weighted by molar-refractivity contribution is 7.91. The summed E-state index contributed by atoms with van der Waals surface area (Å²) in [5.41, 5.74) is 11.1. The summed E-state index contributed by atoms with van der Waals surface area (Å²) < 4.78 is 36.5. The first-order chi connectivity index (χ1) is 30.3. The first-order valence-electron chi connectivity index (χ1n) is 21.1. The lowest BCUT2D eigenvalue weighted by Gasteiger charge is -2.36. The van der Waals surface area contributed by atoms with Crippen LogP contribution in [-0.2, 0) is 15.3 Å². The first-order valence-corrected chi connectivity index (χ1v) is 22.6. The SMILES string of the molecule is Cc1cc(S(=O)(=O)c2ccc(-n3c4ccccc4c4c5ccccc5n(-c5ccccc5)c43)c(C)c2)ccc1N1c2c(c3ccccc3n2-c2ccccc2)C2(C)C=CC=CC12. The van der Waals surface area contributed by atoms with Gasteiger partial charge in [-0.1, -0.05) is 115 Å². The normalized spacial score (nSPS) is 17.1. The second kappa shape index (κ2) is 13.3. The van der Waals surface area contributed by atoms with E-state index in [2.05, 4.69) is 171 Å². The van der Waals surface area contributed by atoms with Crippen LogP contribution in [0.5, 0.6) is 0 Å². The van der Waals surface area contributed by atoms with Crippen molar-refractivity contribution in [3.8, 4) is 17.1 Å².